The van der Waals surface area contributed by atoms with Crippen molar-refractivity contribution in [3.63, 3.8) is 0 Å². The zero-order valence-corrected chi connectivity index (χ0v) is 11.0. The summed E-state index contributed by atoms with van der Waals surface area (Å²) in [6, 6.07) is 0.825. The molecule has 5 nitrogen and oxygen atoms in total. The minimum absolute atomic E-state index is 0.0458. The lowest BCUT2D eigenvalue weighted by molar-refractivity contribution is -0.141. The van der Waals surface area contributed by atoms with Crippen LogP contribution in [-0.4, -0.2) is 33.8 Å². The highest BCUT2D eigenvalue weighted by atomic mass is 19.4. The fraction of sp³-hybridized carbons (Fsp3) is 0.636. The Kier molecular flexibility index (Phi) is 4.24. The van der Waals surface area contributed by atoms with Gasteiger partial charge < -0.3 is 15.7 Å². The second kappa shape index (κ2) is 5.20. The molecule has 1 aromatic rings. The SMILES string of the molecule is CCN(CC(C)(C)O)c1cc(C(F)(F)F)nc(N)n1. The van der Waals surface area contributed by atoms with Gasteiger partial charge in [0.1, 0.15) is 5.82 Å². The van der Waals surface area contributed by atoms with Crippen molar-refractivity contribution < 1.29 is 18.3 Å². The van der Waals surface area contributed by atoms with E-state index in [1.165, 1.54) is 4.90 Å². The second-order valence-corrected chi connectivity index (χ2v) is 4.79. The Morgan fingerprint density at radius 2 is 1.89 bits per heavy atom. The summed E-state index contributed by atoms with van der Waals surface area (Å²) in [4.78, 5) is 8.46. The normalized spacial score (nSPS) is 12.6. The summed E-state index contributed by atoms with van der Waals surface area (Å²) >= 11 is 0. The Labute approximate surface area is 109 Å². The van der Waals surface area contributed by atoms with E-state index < -0.39 is 23.4 Å². The van der Waals surface area contributed by atoms with E-state index in [-0.39, 0.29) is 12.4 Å². The number of nitrogens with two attached hydrogens (primary N) is 1. The van der Waals surface area contributed by atoms with Gasteiger partial charge in [0.2, 0.25) is 5.95 Å². The molecule has 0 bridgehead atoms. The summed E-state index contributed by atoms with van der Waals surface area (Å²) < 4.78 is 37.9. The predicted molar refractivity (Wildman–Crippen MR) is 65.6 cm³/mol. The minimum atomic E-state index is -4.58. The molecule has 0 saturated heterocycles. The van der Waals surface area contributed by atoms with Crippen LogP contribution in [0.2, 0.25) is 0 Å². The highest BCUT2D eigenvalue weighted by Crippen LogP contribution is 2.30. The van der Waals surface area contributed by atoms with Crippen LogP contribution in [-0.2, 0) is 6.18 Å². The van der Waals surface area contributed by atoms with Crippen molar-refractivity contribution in [1.29, 1.82) is 0 Å². The first-order valence-electron chi connectivity index (χ1n) is 5.72. The molecule has 0 saturated carbocycles. The Bertz CT molecular complexity index is 443. The standard InChI is InChI=1S/C11H17F3N4O/c1-4-18(6-10(2,3)19)8-5-7(11(12,13)14)16-9(15)17-8/h5,19H,4,6H2,1-3H3,(H2,15,16,17). The van der Waals surface area contributed by atoms with Crippen LogP contribution in [0.25, 0.3) is 0 Å². The number of anilines is 2. The molecule has 0 aliphatic heterocycles. The van der Waals surface area contributed by atoms with Gasteiger partial charge in [0.15, 0.2) is 5.69 Å². The van der Waals surface area contributed by atoms with Gasteiger partial charge in [-0.3, -0.25) is 0 Å². The van der Waals surface area contributed by atoms with Gasteiger partial charge in [0, 0.05) is 19.2 Å². The Hall–Kier alpha value is -1.57. The van der Waals surface area contributed by atoms with Crippen molar-refractivity contribution in [2.45, 2.75) is 32.5 Å². The van der Waals surface area contributed by atoms with E-state index in [9.17, 15) is 18.3 Å². The van der Waals surface area contributed by atoms with Crippen LogP contribution in [0.4, 0.5) is 24.9 Å². The predicted octanol–water partition coefficient (Wildman–Crippen LogP) is 1.67. The largest absolute Gasteiger partial charge is 0.433 e. The van der Waals surface area contributed by atoms with Gasteiger partial charge >= 0.3 is 6.18 Å². The third-order valence-corrected chi connectivity index (χ3v) is 2.30. The van der Waals surface area contributed by atoms with Crippen molar-refractivity contribution in [3.8, 4) is 0 Å². The topological polar surface area (TPSA) is 75.3 Å². The first-order valence-corrected chi connectivity index (χ1v) is 5.72. The summed E-state index contributed by atoms with van der Waals surface area (Å²) in [6.07, 6.45) is -4.58. The Balaban J connectivity index is 3.14. The highest BCUT2D eigenvalue weighted by Gasteiger charge is 2.34. The first kappa shape index (κ1) is 15.5. The summed E-state index contributed by atoms with van der Waals surface area (Å²) in [5.41, 5.74) is 3.15. The molecule has 0 radical (unpaired) electrons. The van der Waals surface area contributed by atoms with Crippen molar-refractivity contribution in [2.24, 2.45) is 0 Å². The van der Waals surface area contributed by atoms with Gasteiger partial charge in [-0.25, -0.2) is 4.98 Å². The number of nitrogen functional groups attached to an aromatic ring is 1. The van der Waals surface area contributed by atoms with Gasteiger partial charge in [-0.2, -0.15) is 18.2 Å². The summed E-state index contributed by atoms with van der Waals surface area (Å²) in [5, 5.41) is 9.74. The third kappa shape index (κ3) is 4.55. The van der Waals surface area contributed by atoms with E-state index in [1.807, 2.05) is 0 Å². The third-order valence-electron chi connectivity index (χ3n) is 2.30. The van der Waals surface area contributed by atoms with E-state index in [2.05, 4.69) is 9.97 Å². The van der Waals surface area contributed by atoms with Crippen LogP contribution in [0.1, 0.15) is 26.5 Å². The van der Waals surface area contributed by atoms with Gasteiger partial charge in [-0.1, -0.05) is 0 Å². The number of rotatable bonds is 4. The maximum Gasteiger partial charge on any atom is 0.433 e. The van der Waals surface area contributed by atoms with E-state index in [0.29, 0.717) is 6.54 Å². The molecule has 1 rings (SSSR count). The summed E-state index contributed by atoms with van der Waals surface area (Å²) in [5.74, 6) is -0.400. The molecule has 19 heavy (non-hydrogen) atoms. The minimum Gasteiger partial charge on any atom is -0.389 e. The fourth-order valence-corrected chi connectivity index (χ4v) is 1.58. The molecule has 0 atom stereocenters. The molecule has 0 aliphatic carbocycles. The summed E-state index contributed by atoms with van der Waals surface area (Å²) in [7, 11) is 0. The average Bonchev–Trinajstić information content (AvgIpc) is 2.22. The van der Waals surface area contributed by atoms with Crippen molar-refractivity contribution in [3.05, 3.63) is 11.8 Å². The second-order valence-electron chi connectivity index (χ2n) is 4.79. The number of alkyl halides is 3. The zero-order chi connectivity index (χ0) is 14.8. The van der Waals surface area contributed by atoms with Crippen molar-refractivity contribution in [2.75, 3.05) is 23.7 Å². The van der Waals surface area contributed by atoms with Gasteiger partial charge in [0.25, 0.3) is 0 Å². The smallest absolute Gasteiger partial charge is 0.389 e. The summed E-state index contributed by atoms with van der Waals surface area (Å²) in [6.45, 7) is 5.39. The quantitative estimate of drug-likeness (QED) is 0.876. The number of hydrogen-bond donors (Lipinski definition) is 2. The van der Waals surface area contributed by atoms with Crippen LogP contribution in [0.15, 0.2) is 6.07 Å². The zero-order valence-electron chi connectivity index (χ0n) is 11.0. The molecule has 0 spiro atoms. The number of aromatic nitrogens is 2. The number of halogens is 3. The van der Waals surface area contributed by atoms with Gasteiger partial charge in [-0.15, -0.1) is 0 Å². The number of likely N-dealkylation sites (N-methyl/N-ethyl adjacent to an activating group) is 1. The van der Waals surface area contributed by atoms with Crippen LogP contribution in [0.5, 0.6) is 0 Å². The number of nitrogens with zero attached hydrogens (tertiary/aromatic N) is 3. The molecular weight excluding hydrogens is 261 g/mol. The molecule has 108 valence electrons. The van der Waals surface area contributed by atoms with Gasteiger partial charge in [0.05, 0.1) is 5.60 Å². The Morgan fingerprint density at radius 3 is 2.32 bits per heavy atom. The van der Waals surface area contributed by atoms with E-state index in [0.717, 1.165) is 6.07 Å². The highest BCUT2D eigenvalue weighted by molar-refractivity contribution is 5.44. The number of hydrogen-bond acceptors (Lipinski definition) is 5. The Morgan fingerprint density at radius 1 is 1.32 bits per heavy atom. The molecule has 8 heteroatoms. The molecule has 0 amide bonds. The van der Waals surface area contributed by atoms with Crippen molar-refractivity contribution in [1.82, 2.24) is 9.97 Å². The van der Waals surface area contributed by atoms with Crippen LogP contribution >= 0.6 is 0 Å². The number of aliphatic hydroxyl groups is 1. The van der Waals surface area contributed by atoms with Crippen LogP contribution < -0.4 is 10.6 Å². The monoisotopic (exact) mass is 278 g/mol. The molecule has 0 aliphatic rings. The molecule has 0 aromatic carbocycles. The molecular formula is C11H17F3N4O. The van der Waals surface area contributed by atoms with Crippen LogP contribution in [0, 0.1) is 0 Å². The van der Waals surface area contributed by atoms with E-state index >= 15 is 0 Å². The van der Waals surface area contributed by atoms with Crippen molar-refractivity contribution >= 4 is 11.8 Å². The average molecular weight is 278 g/mol. The maximum atomic E-state index is 12.6. The molecule has 0 fully saturated rings. The van der Waals surface area contributed by atoms with E-state index in [1.54, 1.807) is 20.8 Å². The molecule has 3 N–H and O–H groups in total. The van der Waals surface area contributed by atoms with Crippen LogP contribution in [0.3, 0.4) is 0 Å². The molecule has 1 aromatic heterocycles. The molecule has 0 unspecified atom stereocenters. The molecule has 1 heterocycles. The fourth-order valence-electron chi connectivity index (χ4n) is 1.58. The van der Waals surface area contributed by atoms with E-state index in [4.69, 9.17) is 5.73 Å². The lowest BCUT2D eigenvalue weighted by Gasteiger charge is -2.29. The lowest BCUT2D eigenvalue weighted by atomic mass is 10.1. The lowest BCUT2D eigenvalue weighted by Crippen LogP contribution is -2.39. The first-order chi connectivity index (χ1) is 8.53. The van der Waals surface area contributed by atoms with Gasteiger partial charge in [-0.05, 0) is 20.8 Å². The maximum absolute atomic E-state index is 12.6.